The summed E-state index contributed by atoms with van der Waals surface area (Å²) in [5.74, 6) is 1.13. The fourth-order valence-corrected chi connectivity index (χ4v) is 9.01. The lowest BCUT2D eigenvalue weighted by Gasteiger charge is -2.73. The Morgan fingerprint density at radius 3 is 2.79 bits per heavy atom. The second kappa shape index (κ2) is 7.07. The molecule has 176 valence electrons. The maximum absolute atomic E-state index is 7.82. The van der Waals surface area contributed by atoms with Gasteiger partial charge in [0.15, 0.2) is 0 Å². The van der Waals surface area contributed by atoms with Crippen molar-refractivity contribution in [2.45, 2.75) is 61.9 Å². The summed E-state index contributed by atoms with van der Waals surface area (Å²) in [6.45, 7) is 10.2. The molecule has 3 saturated carbocycles. The molecule has 6 aliphatic rings. The molecular formula is C29H32N2O3. The fourth-order valence-electron chi connectivity index (χ4n) is 9.01. The zero-order chi connectivity index (χ0) is 23.1. The van der Waals surface area contributed by atoms with E-state index in [1.54, 1.807) is 0 Å². The summed E-state index contributed by atoms with van der Waals surface area (Å²) >= 11 is 0. The number of rotatable bonds is 5. The number of benzene rings is 2. The summed E-state index contributed by atoms with van der Waals surface area (Å²) < 4.78 is 19.8. The molecule has 0 N–H and O–H groups in total. The monoisotopic (exact) mass is 456 g/mol. The second-order valence-electron chi connectivity index (χ2n) is 11.2. The van der Waals surface area contributed by atoms with Gasteiger partial charge in [-0.3, -0.25) is 0 Å². The summed E-state index contributed by atoms with van der Waals surface area (Å²) in [6.07, 6.45) is 5.33. The predicted molar refractivity (Wildman–Crippen MR) is 129 cm³/mol. The van der Waals surface area contributed by atoms with E-state index < -0.39 is 0 Å². The van der Waals surface area contributed by atoms with Crippen LogP contribution in [0.25, 0.3) is 4.85 Å². The molecule has 4 fully saturated rings. The lowest BCUT2D eigenvalue weighted by molar-refractivity contribution is -0.282. The molecule has 0 radical (unpaired) electrons. The first-order valence-electron chi connectivity index (χ1n) is 12.7. The van der Waals surface area contributed by atoms with Gasteiger partial charge in [-0.05, 0) is 62.4 Å². The van der Waals surface area contributed by atoms with Crippen molar-refractivity contribution in [2.75, 3.05) is 27.3 Å². The van der Waals surface area contributed by atoms with E-state index in [0.717, 1.165) is 44.4 Å². The van der Waals surface area contributed by atoms with Crippen LogP contribution in [0.15, 0.2) is 42.5 Å². The number of fused-ring (bicyclic) bond motifs is 2. The van der Waals surface area contributed by atoms with Crippen LogP contribution < -0.4 is 4.74 Å². The third kappa shape index (κ3) is 2.30. The quantitative estimate of drug-likeness (QED) is 0.600. The number of methoxy groups -OCH3 is 1. The number of likely N-dealkylation sites (N-methyl/N-ethyl adjacent to an activating group) is 1. The minimum absolute atomic E-state index is 0.0500. The van der Waals surface area contributed by atoms with Crippen molar-refractivity contribution in [2.24, 2.45) is 11.3 Å². The van der Waals surface area contributed by atoms with Crippen LogP contribution >= 0.6 is 0 Å². The number of hydrogen-bond acceptors (Lipinski definition) is 4. The Kier molecular flexibility index (Phi) is 4.35. The average Bonchev–Trinajstić information content (AvgIpc) is 3.24. The SMILES string of the molecule is [C-]#[N+]c1ccc2c3c1O[C@H]1[C@@]4(OC)CC[C@@]5(C[C@@H]4COCc4ccccc4)[C@@H](C2)N(C)CC[C@]315. The first kappa shape index (κ1) is 20.9. The third-order valence-corrected chi connectivity index (χ3v) is 10.3. The van der Waals surface area contributed by atoms with E-state index in [0.29, 0.717) is 24.9 Å². The van der Waals surface area contributed by atoms with Gasteiger partial charge in [0.1, 0.15) is 17.5 Å². The van der Waals surface area contributed by atoms with Crippen LogP contribution in [0.2, 0.25) is 0 Å². The normalized spacial score (nSPS) is 38.8. The van der Waals surface area contributed by atoms with E-state index in [4.69, 9.17) is 20.8 Å². The maximum Gasteiger partial charge on any atom is 0.228 e. The third-order valence-electron chi connectivity index (χ3n) is 10.3. The Bertz CT molecular complexity index is 1190. The van der Waals surface area contributed by atoms with Crippen LogP contribution in [0.4, 0.5) is 5.69 Å². The topological polar surface area (TPSA) is 35.3 Å². The highest BCUT2D eigenvalue weighted by Gasteiger charge is 2.80. The molecule has 1 saturated heterocycles. The summed E-state index contributed by atoms with van der Waals surface area (Å²) in [5.41, 5.74) is 4.32. The van der Waals surface area contributed by atoms with Crippen LogP contribution in [0.3, 0.4) is 0 Å². The molecule has 2 spiro atoms. The maximum atomic E-state index is 7.82. The van der Waals surface area contributed by atoms with E-state index in [1.807, 2.05) is 19.2 Å². The first-order valence-corrected chi connectivity index (χ1v) is 12.7. The smallest absolute Gasteiger partial charge is 0.228 e. The highest BCUT2D eigenvalue weighted by atomic mass is 16.6. The Balaban J connectivity index is 1.33. The Morgan fingerprint density at radius 2 is 2.00 bits per heavy atom. The summed E-state index contributed by atoms with van der Waals surface area (Å²) in [6, 6.07) is 15.1. The summed E-state index contributed by atoms with van der Waals surface area (Å²) in [4.78, 5) is 6.49. The molecule has 0 amide bonds. The number of likely N-dealkylation sites (tertiary alicyclic amines) is 1. The van der Waals surface area contributed by atoms with Crippen molar-refractivity contribution in [3.63, 3.8) is 0 Å². The molecule has 0 aromatic heterocycles. The van der Waals surface area contributed by atoms with Gasteiger partial charge in [0, 0.05) is 29.9 Å². The van der Waals surface area contributed by atoms with Gasteiger partial charge in [0.05, 0.1) is 19.8 Å². The number of ether oxygens (including phenoxy) is 3. The van der Waals surface area contributed by atoms with Gasteiger partial charge in [-0.25, -0.2) is 4.85 Å². The van der Waals surface area contributed by atoms with E-state index in [2.05, 4.69) is 47.1 Å². The Morgan fingerprint density at radius 1 is 1.15 bits per heavy atom. The van der Waals surface area contributed by atoms with Crippen LogP contribution in [-0.2, 0) is 27.9 Å². The molecule has 5 nitrogen and oxygen atoms in total. The van der Waals surface area contributed by atoms with Gasteiger partial charge in [0.2, 0.25) is 5.69 Å². The molecule has 2 aliphatic heterocycles. The Hall–Kier alpha value is -2.39. The summed E-state index contributed by atoms with van der Waals surface area (Å²) in [5, 5.41) is 0. The van der Waals surface area contributed by atoms with Gasteiger partial charge < -0.3 is 19.1 Å². The van der Waals surface area contributed by atoms with Crippen molar-refractivity contribution >= 4 is 5.69 Å². The number of hydrogen-bond donors (Lipinski definition) is 0. The van der Waals surface area contributed by atoms with E-state index in [1.165, 1.54) is 16.7 Å². The molecule has 34 heavy (non-hydrogen) atoms. The zero-order valence-corrected chi connectivity index (χ0v) is 20.0. The van der Waals surface area contributed by atoms with Gasteiger partial charge in [-0.15, -0.1) is 0 Å². The van der Waals surface area contributed by atoms with Crippen molar-refractivity contribution in [1.82, 2.24) is 4.90 Å². The molecule has 6 atom stereocenters. The molecule has 2 aromatic rings. The predicted octanol–water partition coefficient (Wildman–Crippen LogP) is 4.90. The lowest BCUT2D eigenvalue weighted by atomic mass is 9.35. The first-order chi connectivity index (χ1) is 16.6. The van der Waals surface area contributed by atoms with E-state index in [-0.39, 0.29) is 28.5 Å². The van der Waals surface area contributed by atoms with Crippen molar-refractivity contribution in [3.05, 3.63) is 70.6 Å². The zero-order valence-electron chi connectivity index (χ0n) is 20.0. The van der Waals surface area contributed by atoms with Crippen LogP contribution in [0, 0.1) is 17.9 Å². The molecule has 4 bridgehead atoms. The number of nitrogens with zero attached hydrogens (tertiary/aromatic N) is 2. The molecule has 8 rings (SSSR count). The molecule has 5 heteroatoms. The highest BCUT2D eigenvalue weighted by molar-refractivity contribution is 5.70. The lowest BCUT2D eigenvalue weighted by Crippen LogP contribution is -2.81. The molecule has 0 unspecified atom stereocenters. The molecule has 2 heterocycles. The minimum atomic E-state index is -0.383. The van der Waals surface area contributed by atoms with Crippen LogP contribution in [0.1, 0.15) is 42.4 Å². The van der Waals surface area contributed by atoms with Gasteiger partial charge in [-0.2, -0.15) is 0 Å². The molecule has 2 aromatic carbocycles. The van der Waals surface area contributed by atoms with Gasteiger partial charge in [0.25, 0.3) is 0 Å². The Labute approximate surface area is 201 Å². The standard InChI is InChI=1S/C29H32N2O3/c1-30-22-10-9-20-15-23-27-11-12-29(32-3,21(16-27)18-33-17-19-7-5-4-6-8-19)26-28(27,13-14-31(23)2)24(20)25(22)34-26/h4-10,21,23,26H,11-18H2,2-3H3/t21-,23-,26-,27-,28+,29-/m1/s1. The van der Waals surface area contributed by atoms with Gasteiger partial charge in [-0.1, -0.05) is 42.5 Å². The molecular weight excluding hydrogens is 424 g/mol. The molecule has 4 aliphatic carbocycles. The van der Waals surface area contributed by atoms with Crippen molar-refractivity contribution in [1.29, 1.82) is 0 Å². The highest BCUT2D eigenvalue weighted by Crippen LogP contribution is 2.76. The fraction of sp³-hybridized carbons (Fsp3) is 0.552. The minimum Gasteiger partial charge on any atom is -0.497 e. The van der Waals surface area contributed by atoms with E-state index >= 15 is 0 Å². The average molecular weight is 457 g/mol. The number of piperidine rings is 1. The van der Waals surface area contributed by atoms with Crippen LogP contribution in [-0.4, -0.2) is 50.0 Å². The van der Waals surface area contributed by atoms with Crippen LogP contribution in [0.5, 0.6) is 5.75 Å². The summed E-state index contributed by atoms with van der Waals surface area (Å²) in [7, 11) is 4.18. The van der Waals surface area contributed by atoms with Crippen molar-refractivity contribution < 1.29 is 14.2 Å². The largest absolute Gasteiger partial charge is 0.497 e. The van der Waals surface area contributed by atoms with Gasteiger partial charge >= 0.3 is 0 Å². The van der Waals surface area contributed by atoms with Crippen molar-refractivity contribution in [3.8, 4) is 5.75 Å². The van der Waals surface area contributed by atoms with E-state index in [9.17, 15) is 0 Å². The second-order valence-corrected chi connectivity index (χ2v) is 11.2.